The Hall–Kier alpha value is -4.52. The molecule has 4 aromatic rings. The maximum Gasteiger partial charge on any atom is 0.338 e. The minimum Gasteiger partial charge on any atom is -0.462 e. The van der Waals surface area contributed by atoms with Crippen LogP contribution >= 0.6 is 11.6 Å². The lowest BCUT2D eigenvalue weighted by Gasteiger charge is -2.24. The second-order valence-electron chi connectivity index (χ2n) is 15.9. The number of carbonyl (C=O) groups is 3. The molecule has 4 rings (SSSR count). The minimum absolute atomic E-state index is 0.140. The molecule has 3 aromatic carbocycles. The number of fused-ring (bicyclic) bond motifs is 1. The number of para-hydroxylation sites is 1. The van der Waals surface area contributed by atoms with Crippen LogP contribution in [0.5, 0.6) is 0 Å². The number of hydrogen-bond acceptors (Lipinski definition) is 8. The molecule has 0 aliphatic rings. The van der Waals surface area contributed by atoms with Gasteiger partial charge >= 0.3 is 5.97 Å². The molecule has 0 atom stereocenters. The maximum atomic E-state index is 14.6. The largest absolute Gasteiger partial charge is 0.462 e. The Morgan fingerprint density at radius 2 is 1.44 bits per heavy atom. The van der Waals surface area contributed by atoms with Crippen LogP contribution in [0.25, 0.3) is 10.9 Å². The van der Waals surface area contributed by atoms with Gasteiger partial charge in [-0.1, -0.05) is 120 Å². The number of anilines is 2. The predicted molar refractivity (Wildman–Crippen MR) is 252 cm³/mol. The summed E-state index contributed by atoms with van der Waals surface area (Å²) in [7, 11) is -1.47. The average molecular weight is 877 g/mol. The highest BCUT2D eigenvalue weighted by Gasteiger charge is 2.29. The molecule has 332 valence electrons. The van der Waals surface area contributed by atoms with Crippen LogP contribution in [0.1, 0.15) is 136 Å². The van der Waals surface area contributed by atoms with E-state index in [1.807, 2.05) is 73.7 Å². The van der Waals surface area contributed by atoms with Gasteiger partial charge in [0.2, 0.25) is 15.8 Å². The summed E-state index contributed by atoms with van der Waals surface area (Å²) in [6, 6.07) is 17.4. The molecule has 0 radical (unpaired) electrons. The summed E-state index contributed by atoms with van der Waals surface area (Å²) in [5, 5.41) is 3.62. The Bertz CT molecular complexity index is 2230. The number of hydrogen-bond donors (Lipinski definition) is 2. The smallest absolute Gasteiger partial charge is 0.338 e. The van der Waals surface area contributed by atoms with Gasteiger partial charge in [-0.3, -0.25) is 9.59 Å². The van der Waals surface area contributed by atoms with Gasteiger partial charge in [0.25, 0.3) is 5.91 Å². The number of ketones is 1. The fourth-order valence-electron chi connectivity index (χ4n) is 7.52. The van der Waals surface area contributed by atoms with E-state index in [-0.39, 0.29) is 28.5 Å². The first-order valence-electron chi connectivity index (χ1n) is 22.0. The molecule has 0 bridgehead atoms. The third-order valence-corrected chi connectivity index (χ3v) is 12.2. The minimum atomic E-state index is -3.34. The first-order chi connectivity index (χ1) is 29.2. The van der Waals surface area contributed by atoms with Gasteiger partial charge in [0.15, 0.2) is 5.71 Å². The fourth-order valence-corrected chi connectivity index (χ4v) is 8.15. The van der Waals surface area contributed by atoms with Gasteiger partial charge < -0.3 is 19.5 Å². The predicted octanol–water partition coefficient (Wildman–Crippen LogP) is 11.1. The van der Waals surface area contributed by atoms with Crippen LogP contribution in [-0.2, 0) is 26.6 Å². The number of Topliss-reactive ketones (excluding diaryl/α,β-unsaturated/α-hetero) is 1. The third kappa shape index (κ3) is 15.1. The molecule has 2 N–H and O–H groups in total. The first-order valence-corrected chi connectivity index (χ1v) is 24.3. The number of carbonyl (C=O) groups excluding carboxylic acids is 3. The van der Waals surface area contributed by atoms with E-state index in [1.165, 1.54) is 82.8 Å². The van der Waals surface area contributed by atoms with Crippen LogP contribution in [0.15, 0.2) is 65.7 Å². The number of rotatable bonds is 27. The molecule has 61 heavy (non-hydrogen) atoms. The zero-order valence-corrected chi connectivity index (χ0v) is 38.7. The number of aliphatic imine (C=N–C) groups is 1. The lowest BCUT2D eigenvalue weighted by molar-refractivity contribution is -0.110. The summed E-state index contributed by atoms with van der Waals surface area (Å²) in [4.78, 5) is 48.7. The monoisotopic (exact) mass is 875 g/mol. The average Bonchev–Trinajstić information content (AvgIpc) is 3.49. The van der Waals surface area contributed by atoms with Crippen molar-refractivity contribution in [2.75, 3.05) is 42.7 Å². The summed E-state index contributed by atoms with van der Waals surface area (Å²) in [6.07, 6.45) is 18.4. The van der Waals surface area contributed by atoms with Gasteiger partial charge in [-0.25, -0.2) is 22.9 Å². The normalized spacial score (nSPS) is 11.9. The third-order valence-electron chi connectivity index (χ3n) is 11.1. The highest BCUT2D eigenvalue weighted by atomic mass is 35.5. The van der Waals surface area contributed by atoms with Crippen LogP contribution in [0.4, 0.5) is 17.1 Å². The van der Waals surface area contributed by atoms with E-state index in [1.54, 1.807) is 12.1 Å². The van der Waals surface area contributed by atoms with Crippen LogP contribution in [-0.4, -0.2) is 68.9 Å². The quantitative estimate of drug-likeness (QED) is 0.0200. The van der Waals surface area contributed by atoms with Gasteiger partial charge in [-0.2, -0.15) is 0 Å². The summed E-state index contributed by atoms with van der Waals surface area (Å²) in [5.41, 5.74) is 3.78. The topological polar surface area (TPSA) is 139 Å². The van der Waals surface area contributed by atoms with Crippen LogP contribution in [0.2, 0.25) is 5.02 Å². The molecule has 0 saturated carbocycles. The molecular formula is C48H66ClN5O6S. The molecule has 1 aromatic heterocycles. The summed E-state index contributed by atoms with van der Waals surface area (Å²) >= 11 is 6.57. The van der Waals surface area contributed by atoms with E-state index in [9.17, 15) is 22.8 Å². The number of ether oxygens (including phenoxy) is 1. The highest BCUT2D eigenvalue weighted by molar-refractivity contribution is 7.88. The number of unbranched alkanes of at least 4 members (excludes halogenated alkanes) is 13. The standard InChI is InChI=1S/C48H66ClN5O6S/c1-7-9-10-11-12-13-14-15-16-17-18-19-20-23-32-60-48(57)37-26-28-40(49)42(34-37)52-47(56)45(46(55)44-36(4)53(5)43-25-22-21-24-39(43)44)51-41-29-27-38(33-35(41)3)54(8-2)31-30-50-61(6,58)59/h21-22,24-29,33-34,50H,7-20,23,30-32H2,1-6H3,(H,52,56). The summed E-state index contributed by atoms with van der Waals surface area (Å²) in [6.45, 7) is 9.46. The molecule has 0 aliphatic carbocycles. The lowest BCUT2D eigenvalue weighted by atomic mass is 10.0. The van der Waals surface area contributed by atoms with Gasteiger partial charge in [-0.15, -0.1) is 0 Å². The van der Waals surface area contributed by atoms with Crippen molar-refractivity contribution in [3.63, 3.8) is 0 Å². The fraction of sp³-hybridized carbons (Fsp3) is 0.500. The van der Waals surface area contributed by atoms with Crippen LogP contribution in [0.3, 0.4) is 0 Å². The van der Waals surface area contributed by atoms with Crippen molar-refractivity contribution in [1.29, 1.82) is 0 Å². The number of aryl methyl sites for hydroxylation is 2. The zero-order chi connectivity index (χ0) is 44.4. The number of halogens is 1. The van der Waals surface area contributed by atoms with Crippen molar-refractivity contribution >= 4 is 73.0 Å². The van der Waals surface area contributed by atoms with E-state index in [4.69, 9.17) is 21.3 Å². The van der Waals surface area contributed by atoms with Crippen molar-refractivity contribution in [3.8, 4) is 0 Å². The number of nitrogens with zero attached hydrogens (tertiary/aromatic N) is 3. The van der Waals surface area contributed by atoms with Gasteiger partial charge in [0, 0.05) is 49.0 Å². The molecule has 0 spiro atoms. The van der Waals surface area contributed by atoms with Crippen molar-refractivity contribution in [3.05, 3.63) is 88.1 Å². The maximum absolute atomic E-state index is 14.6. The molecule has 0 fully saturated rings. The number of amides is 1. The Labute approximate surface area is 368 Å². The molecule has 0 aliphatic heterocycles. The number of benzene rings is 3. The number of esters is 1. The van der Waals surface area contributed by atoms with E-state index < -0.39 is 27.7 Å². The second kappa shape index (κ2) is 24.8. The second-order valence-corrected chi connectivity index (χ2v) is 18.2. The number of aromatic nitrogens is 1. The lowest BCUT2D eigenvalue weighted by Crippen LogP contribution is -2.34. The summed E-state index contributed by atoms with van der Waals surface area (Å²) in [5.74, 6) is -1.89. The van der Waals surface area contributed by atoms with Crippen molar-refractivity contribution in [2.24, 2.45) is 12.0 Å². The molecule has 1 amide bonds. The van der Waals surface area contributed by atoms with E-state index in [0.717, 1.165) is 36.7 Å². The first kappa shape index (κ1) is 49.1. The van der Waals surface area contributed by atoms with E-state index in [0.29, 0.717) is 47.6 Å². The number of likely N-dealkylation sites (N-methyl/N-ethyl adjacent to an activating group) is 1. The molecule has 1 heterocycles. The van der Waals surface area contributed by atoms with Crippen LogP contribution < -0.4 is 14.9 Å². The van der Waals surface area contributed by atoms with E-state index in [2.05, 4.69) is 17.0 Å². The molecular weight excluding hydrogens is 810 g/mol. The van der Waals surface area contributed by atoms with Gasteiger partial charge in [0.1, 0.15) is 0 Å². The molecule has 0 saturated heterocycles. The molecule has 13 heteroatoms. The number of sulfonamides is 1. The zero-order valence-electron chi connectivity index (χ0n) is 37.1. The van der Waals surface area contributed by atoms with Gasteiger partial charge in [0.05, 0.1) is 40.4 Å². The number of nitrogens with one attached hydrogen (secondary N) is 2. The molecule has 0 unspecified atom stereocenters. The van der Waals surface area contributed by atoms with Crippen molar-refractivity contribution in [1.82, 2.24) is 9.29 Å². The highest BCUT2D eigenvalue weighted by Crippen LogP contribution is 2.30. The summed E-state index contributed by atoms with van der Waals surface area (Å²) < 4.78 is 33.3. The SMILES string of the molecule is CCCCCCCCCCCCCCCCOC(=O)c1ccc(Cl)c(NC(=O)C(=Nc2ccc(N(CC)CCNS(C)(=O)=O)cc2C)C(=O)c2c(C)n(C)c3ccccc23)c1. The van der Waals surface area contributed by atoms with Crippen LogP contribution in [0, 0.1) is 13.8 Å². The van der Waals surface area contributed by atoms with Gasteiger partial charge in [-0.05, 0) is 75.2 Å². The Morgan fingerprint density at radius 1 is 0.820 bits per heavy atom. The van der Waals surface area contributed by atoms with Crippen molar-refractivity contribution < 1.29 is 27.5 Å². The Morgan fingerprint density at radius 3 is 2.05 bits per heavy atom. The van der Waals surface area contributed by atoms with E-state index >= 15 is 0 Å². The van der Waals surface area contributed by atoms with Crippen molar-refractivity contribution in [2.45, 2.75) is 118 Å². The molecule has 11 nitrogen and oxygen atoms in total. The Balaban J connectivity index is 1.44. The Kier molecular flexibility index (Phi) is 20.0.